The molecule has 9 nitrogen and oxygen atoms in total. The van der Waals surface area contributed by atoms with E-state index in [1.54, 1.807) is 7.05 Å². The van der Waals surface area contributed by atoms with E-state index in [9.17, 15) is 4.79 Å². The van der Waals surface area contributed by atoms with Gasteiger partial charge in [-0.15, -0.1) is 24.0 Å². The molecule has 0 bridgehead atoms. The molecule has 10 heteroatoms. The number of carbonyl (C=O) groups is 1. The highest BCUT2D eigenvalue weighted by Gasteiger charge is 2.23. The van der Waals surface area contributed by atoms with Gasteiger partial charge < -0.3 is 24.9 Å². The first kappa shape index (κ1) is 25.0. The van der Waals surface area contributed by atoms with Crippen molar-refractivity contribution in [1.82, 2.24) is 25.1 Å². The van der Waals surface area contributed by atoms with Crippen LogP contribution in [0, 0.1) is 0 Å². The van der Waals surface area contributed by atoms with Crippen molar-refractivity contribution in [3.8, 4) is 0 Å². The van der Waals surface area contributed by atoms with Crippen LogP contribution in [0.3, 0.4) is 0 Å². The van der Waals surface area contributed by atoms with E-state index in [0.29, 0.717) is 13.0 Å². The van der Waals surface area contributed by atoms with Crippen molar-refractivity contribution in [2.75, 3.05) is 75.8 Å². The van der Waals surface area contributed by atoms with Crippen molar-refractivity contribution >= 4 is 47.5 Å². The average molecular weight is 564 g/mol. The van der Waals surface area contributed by atoms with E-state index in [1.807, 2.05) is 53.7 Å². The van der Waals surface area contributed by atoms with Crippen molar-refractivity contribution in [1.29, 1.82) is 0 Å². The van der Waals surface area contributed by atoms with E-state index < -0.39 is 0 Å². The highest BCUT2D eigenvalue weighted by Crippen LogP contribution is 2.14. The van der Waals surface area contributed by atoms with Gasteiger partial charge in [-0.25, -0.2) is 9.97 Å². The van der Waals surface area contributed by atoms with Crippen molar-refractivity contribution in [2.45, 2.75) is 6.42 Å². The molecular weight excluding hydrogens is 531 g/mol. The van der Waals surface area contributed by atoms with E-state index in [4.69, 9.17) is 0 Å². The third-order valence-electron chi connectivity index (χ3n) is 5.99. The van der Waals surface area contributed by atoms with Crippen LogP contribution in [0.4, 0.5) is 11.6 Å². The summed E-state index contributed by atoms with van der Waals surface area (Å²) < 4.78 is 0. The van der Waals surface area contributed by atoms with E-state index in [1.165, 1.54) is 0 Å². The lowest BCUT2D eigenvalue weighted by atomic mass is 10.2. The zero-order valence-corrected chi connectivity index (χ0v) is 21.5. The summed E-state index contributed by atoms with van der Waals surface area (Å²) in [6.45, 7) is 7.25. The molecule has 1 amide bonds. The molecule has 2 aromatic rings. The first-order chi connectivity index (χ1) is 15.7. The molecule has 4 rings (SSSR count). The fraction of sp³-hybridized carbons (Fsp3) is 0.478. The molecule has 0 unspecified atom stereocenters. The van der Waals surface area contributed by atoms with Crippen LogP contribution >= 0.6 is 24.0 Å². The summed E-state index contributed by atoms with van der Waals surface area (Å²) in [7, 11) is 1.80. The van der Waals surface area contributed by atoms with Gasteiger partial charge in [0, 0.05) is 84.8 Å². The lowest BCUT2D eigenvalue weighted by Crippen LogP contribution is -2.53. The zero-order chi connectivity index (χ0) is 22.2. The second-order valence-corrected chi connectivity index (χ2v) is 7.94. The normalized spacial score (nSPS) is 16.9. The Bertz CT molecular complexity index is 882. The molecule has 4 heterocycles. The second kappa shape index (κ2) is 12.6. The number of guanidine groups is 1. The van der Waals surface area contributed by atoms with E-state index in [-0.39, 0.29) is 29.9 Å². The number of hydrogen-bond donors (Lipinski definition) is 1. The number of carbonyl (C=O) groups excluding carboxylic acids is 1. The van der Waals surface area contributed by atoms with E-state index >= 15 is 0 Å². The van der Waals surface area contributed by atoms with Gasteiger partial charge in [0.25, 0.3) is 0 Å². The Morgan fingerprint density at radius 3 is 1.82 bits per heavy atom. The maximum Gasteiger partial charge on any atom is 0.224 e. The molecule has 2 fully saturated rings. The number of aliphatic imine (C=N–C) groups is 1. The van der Waals surface area contributed by atoms with E-state index in [0.717, 1.165) is 70.0 Å². The monoisotopic (exact) mass is 564 g/mol. The van der Waals surface area contributed by atoms with Crippen LogP contribution in [0.25, 0.3) is 0 Å². The lowest BCUT2D eigenvalue weighted by Gasteiger charge is -2.37. The molecule has 0 aromatic carbocycles. The molecule has 0 atom stereocenters. The summed E-state index contributed by atoms with van der Waals surface area (Å²) in [5.41, 5.74) is 0. The number of anilines is 2. The summed E-state index contributed by atoms with van der Waals surface area (Å²) in [5.74, 6) is 3.05. The number of rotatable bonds is 5. The fourth-order valence-electron chi connectivity index (χ4n) is 4.19. The highest BCUT2D eigenvalue weighted by atomic mass is 127. The largest absolute Gasteiger partial charge is 0.356 e. The Kier molecular flexibility index (Phi) is 9.52. The third-order valence-corrected chi connectivity index (χ3v) is 5.99. The zero-order valence-electron chi connectivity index (χ0n) is 19.1. The Hall–Kier alpha value is -2.63. The molecule has 178 valence electrons. The number of aromatic nitrogens is 2. The molecule has 1 N–H and O–H groups in total. The van der Waals surface area contributed by atoms with Crippen LogP contribution in [0.5, 0.6) is 0 Å². The minimum absolute atomic E-state index is 0. The van der Waals surface area contributed by atoms with Gasteiger partial charge in [0.15, 0.2) is 5.96 Å². The topological polar surface area (TPSA) is 80.2 Å². The van der Waals surface area contributed by atoms with Crippen molar-refractivity contribution in [3.63, 3.8) is 0 Å². The molecule has 0 radical (unpaired) electrons. The van der Waals surface area contributed by atoms with Crippen LogP contribution in [0.15, 0.2) is 53.8 Å². The minimum atomic E-state index is 0. The molecule has 2 aromatic heterocycles. The number of nitrogens with one attached hydrogen (secondary N) is 1. The van der Waals surface area contributed by atoms with Crippen LogP contribution in [0.1, 0.15) is 6.42 Å². The van der Waals surface area contributed by atoms with Crippen molar-refractivity contribution in [3.05, 3.63) is 48.8 Å². The summed E-state index contributed by atoms with van der Waals surface area (Å²) in [5, 5.41) is 3.37. The Morgan fingerprint density at radius 2 is 1.36 bits per heavy atom. The number of piperazine rings is 2. The summed E-state index contributed by atoms with van der Waals surface area (Å²) >= 11 is 0. The minimum Gasteiger partial charge on any atom is -0.356 e. The first-order valence-corrected chi connectivity index (χ1v) is 11.3. The standard InChI is InChI=1S/C23H32N8O.HI/c1-24-23(31-18-14-29(15-19-31)21-7-3-5-10-26-21)27-11-8-22(32)30-16-12-28(13-17-30)20-6-2-4-9-25-20;/h2-7,9-10H,8,11-19H2,1H3,(H,24,27);1H. The predicted molar refractivity (Wildman–Crippen MR) is 142 cm³/mol. The predicted octanol–water partition coefficient (Wildman–Crippen LogP) is 1.53. The van der Waals surface area contributed by atoms with Crippen molar-refractivity contribution in [2.24, 2.45) is 4.99 Å². The Labute approximate surface area is 212 Å². The Balaban J connectivity index is 0.00000306. The number of halogens is 1. The summed E-state index contributed by atoms with van der Waals surface area (Å²) in [6, 6.07) is 11.9. The van der Waals surface area contributed by atoms with Gasteiger partial charge in [-0.05, 0) is 24.3 Å². The Morgan fingerprint density at radius 1 is 0.848 bits per heavy atom. The molecule has 0 spiro atoms. The van der Waals surface area contributed by atoms with Crippen LogP contribution in [-0.2, 0) is 4.79 Å². The summed E-state index contributed by atoms with van der Waals surface area (Å²) in [6.07, 6.45) is 4.11. The van der Waals surface area contributed by atoms with Gasteiger partial charge in [-0.1, -0.05) is 12.1 Å². The maximum absolute atomic E-state index is 12.7. The van der Waals surface area contributed by atoms with Gasteiger partial charge in [0.2, 0.25) is 5.91 Å². The SMILES string of the molecule is CN=C(NCCC(=O)N1CCN(c2ccccn2)CC1)N1CCN(c2ccccn2)CC1.I. The van der Waals surface area contributed by atoms with Crippen molar-refractivity contribution < 1.29 is 4.79 Å². The number of amides is 1. The second-order valence-electron chi connectivity index (χ2n) is 7.94. The van der Waals surface area contributed by atoms with E-state index in [2.05, 4.69) is 35.0 Å². The molecule has 0 saturated carbocycles. The maximum atomic E-state index is 12.7. The smallest absolute Gasteiger partial charge is 0.224 e. The van der Waals surface area contributed by atoms with Crippen LogP contribution in [0.2, 0.25) is 0 Å². The number of nitrogens with zero attached hydrogens (tertiary/aromatic N) is 7. The number of hydrogen-bond acceptors (Lipinski definition) is 6. The van der Waals surface area contributed by atoms with Crippen LogP contribution in [-0.4, -0.2) is 97.6 Å². The average Bonchev–Trinajstić information content (AvgIpc) is 2.88. The summed E-state index contributed by atoms with van der Waals surface area (Å²) in [4.78, 5) is 34.7. The van der Waals surface area contributed by atoms with Gasteiger partial charge in [-0.2, -0.15) is 0 Å². The van der Waals surface area contributed by atoms with Gasteiger partial charge >= 0.3 is 0 Å². The molecule has 2 aliphatic rings. The third kappa shape index (κ3) is 6.68. The molecule has 33 heavy (non-hydrogen) atoms. The highest BCUT2D eigenvalue weighted by molar-refractivity contribution is 14.0. The quantitative estimate of drug-likeness (QED) is 0.335. The van der Waals surface area contributed by atoms with Gasteiger partial charge in [0.05, 0.1) is 0 Å². The fourth-order valence-corrected chi connectivity index (χ4v) is 4.19. The van der Waals surface area contributed by atoms with Crippen LogP contribution < -0.4 is 15.1 Å². The number of pyridine rings is 2. The van der Waals surface area contributed by atoms with Gasteiger partial charge in [0.1, 0.15) is 11.6 Å². The molecular formula is C23H33IN8O. The van der Waals surface area contributed by atoms with Gasteiger partial charge in [-0.3, -0.25) is 9.79 Å². The molecule has 2 aliphatic heterocycles. The lowest BCUT2D eigenvalue weighted by molar-refractivity contribution is -0.131. The first-order valence-electron chi connectivity index (χ1n) is 11.3. The molecule has 2 saturated heterocycles. The molecule has 0 aliphatic carbocycles.